The monoisotopic (exact) mass is 323 g/mol. The molecule has 1 N–H and O–H groups in total. The standard InChI is InChI=1S/C12H15ClFNO4S/c1-2-5-15(7-12(16)17)20(18,19)8-9-6-10(13)3-4-11(9)14/h3-4,6H,2,5,7-8H2,1H3,(H,16,17). The summed E-state index contributed by atoms with van der Waals surface area (Å²) in [6.45, 7) is 1.15. The first-order valence-corrected chi connectivity index (χ1v) is 7.88. The third kappa shape index (κ3) is 4.73. The van der Waals surface area contributed by atoms with Crippen LogP contribution in [0.15, 0.2) is 18.2 Å². The molecule has 8 heteroatoms. The van der Waals surface area contributed by atoms with Gasteiger partial charge in [-0.1, -0.05) is 18.5 Å². The molecule has 0 spiro atoms. The Kier molecular flexibility index (Phi) is 5.91. The van der Waals surface area contributed by atoms with E-state index in [1.807, 2.05) is 0 Å². The van der Waals surface area contributed by atoms with Crippen molar-refractivity contribution in [3.63, 3.8) is 0 Å². The van der Waals surface area contributed by atoms with E-state index in [9.17, 15) is 17.6 Å². The van der Waals surface area contributed by atoms with Crippen LogP contribution < -0.4 is 0 Å². The first kappa shape index (κ1) is 16.9. The largest absolute Gasteiger partial charge is 0.480 e. The van der Waals surface area contributed by atoms with Crippen molar-refractivity contribution in [1.82, 2.24) is 4.31 Å². The number of carboxylic acids is 1. The number of sulfonamides is 1. The van der Waals surface area contributed by atoms with Gasteiger partial charge in [-0.25, -0.2) is 12.8 Å². The lowest BCUT2D eigenvalue weighted by Crippen LogP contribution is -2.37. The summed E-state index contributed by atoms with van der Waals surface area (Å²) < 4.78 is 38.7. The molecule has 0 fully saturated rings. The van der Waals surface area contributed by atoms with Crippen molar-refractivity contribution in [2.24, 2.45) is 0 Å². The van der Waals surface area contributed by atoms with Gasteiger partial charge in [0, 0.05) is 17.1 Å². The molecule has 0 aliphatic rings. The third-order valence-corrected chi connectivity index (χ3v) is 4.53. The van der Waals surface area contributed by atoms with Crippen LogP contribution in [-0.2, 0) is 20.6 Å². The summed E-state index contributed by atoms with van der Waals surface area (Å²) in [4.78, 5) is 10.7. The first-order valence-electron chi connectivity index (χ1n) is 5.89. The summed E-state index contributed by atoms with van der Waals surface area (Å²) in [5.74, 6) is -2.56. The lowest BCUT2D eigenvalue weighted by molar-refractivity contribution is -0.137. The minimum absolute atomic E-state index is 0.0663. The van der Waals surface area contributed by atoms with Crippen molar-refractivity contribution < 1.29 is 22.7 Å². The van der Waals surface area contributed by atoms with E-state index in [-0.39, 0.29) is 17.1 Å². The van der Waals surface area contributed by atoms with Crippen LogP contribution in [-0.4, -0.2) is 36.9 Å². The quantitative estimate of drug-likeness (QED) is 0.834. The number of rotatable bonds is 7. The zero-order chi connectivity index (χ0) is 15.3. The Morgan fingerprint density at radius 3 is 2.65 bits per heavy atom. The molecule has 1 aromatic carbocycles. The van der Waals surface area contributed by atoms with E-state index in [0.717, 1.165) is 10.4 Å². The molecule has 0 atom stereocenters. The van der Waals surface area contributed by atoms with Crippen molar-refractivity contribution in [1.29, 1.82) is 0 Å². The highest BCUT2D eigenvalue weighted by Crippen LogP contribution is 2.19. The smallest absolute Gasteiger partial charge is 0.318 e. The number of carboxylic acid groups (broad SMARTS) is 1. The first-order chi connectivity index (χ1) is 9.26. The van der Waals surface area contributed by atoms with E-state index in [1.54, 1.807) is 6.92 Å². The number of benzene rings is 1. The van der Waals surface area contributed by atoms with Crippen molar-refractivity contribution in [3.05, 3.63) is 34.6 Å². The number of halogens is 2. The molecule has 0 amide bonds. The average molecular weight is 324 g/mol. The summed E-state index contributed by atoms with van der Waals surface area (Å²) in [5, 5.41) is 8.96. The summed E-state index contributed by atoms with van der Waals surface area (Å²) in [5.41, 5.74) is -0.0796. The summed E-state index contributed by atoms with van der Waals surface area (Å²) in [7, 11) is -3.92. The van der Waals surface area contributed by atoms with Gasteiger partial charge >= 0.3 is 5.97 Å². The molecule has 112 valence electrons. The van der Waals surface area contributed by atoms with E-state index in [0.29, 0.717) is 6.42 Å². The van der Waals surface area contributed by atoms with Crippen molar-refractivity contribution >= 4 is 27.6 Å². The van der Waals surface area contributed by atoms with Crippen LogP contribution in [0.1, 0.15) is 18.9 Å². The van der Waals surface area contributed by atoms with Crippen LogP contribution >= 0.6 is 11.6 Å². The van der Waals surface area contributed by atoms with E-state index >= 15 is 0 Å². The van der Waals surface area contributed by atoms with E-state index in [2.05, 4.69) is 0 Å². The molecule has 5 nitrogen and oxygen atoms in total. The molecule has 0 heterocycles. The van der Waals surface area contributed by atoms with E-state index < -0.39 is 34.1 Å². The lowest BCUT2D eigenvalue weighted by atomic mass is 10.2. The van der Waals surface area contributed by atoms with Crippen LogP contribution in [0, 0.1) is 5.82 Å². The molecule has 0 bridgehead atoms. The number of hydrogen-bond acceptors (Lipinski definition) is 3. The highest BCUT2D eigenvalue weighted by molar-refractivity contribution is 7.88. The summed E-state index contributed by atoms with van der Waals surface area (Å²) in [6.07, 6.45) is 0.463. The second kappa shape index (κ2) is 7.01. The van der Waals surface area contributed by atoms with Gasteiger partial charge in [0.25, 0.3) is 0 Å². The van der Waals surface area contributed by atoms with E-state index in [1.165, 1.54) is 12.1 Å². The summed E-state index contributed by atoms with van der Waals surface area (Å²) >= 11 is 5.70. The SMILES string of the molecule is CCCN(CC(=O)O)S(=O)(=O)Cc1cc(Cl)ccc1F. The Morgan fingerprint density at radius 2 is 2.10 bits per heavy atom. The maximum atomic E-state index is 13.6. The van der Waals surface area contributed by atoms with Crippen molar-refractivity contribution in [2.75, 3.05) is 13.1 Å². The zero-order valence-electron chi connectivity index (χ0n) is 10.8. The highest BCUT2D eigenvalue weighted by Gasteiger charge is 2.25. The van der Waals surface area contributed by atoms with Crippen LogP contribution in [0.25, 0.3) is 0 Å². The van der Waals surface area contributed by atoms with Crippen LogP contribution in [0.5, 0.6) is 0 Å². The van der Waals surface area contributed by atoms with Crippen LogP contribution in [0.3, 0.4) is 0 Å². The second-order valence-corrected chi connectivity index (χ2v) is 6.62. The van der Waals surface area contributed by atoms with Crippen LogP contribution in [0.2, 0.25) is 5.02 Å². The van der Waals surface area contributed by atoms with Gasteiger partial charge in [-0.15, -0.1) is 0 Å². The third-order valence-electron chi connectivity index (χ3n) is 2.52. The zero-order valence-corrected chi connectivity index (χ0v) is 12.4. The lowest BCUT2D eigenvalue weighted by Gasteiger charge is -2.19. The van der Waals surface area contributed by atoms with Crippen LogP contribution in [0.4, 0.5) is 4.39 Å². The maximum absolute atomic E-state index is 13.6. The molecular weight excluding hydrogens is 309 g/mol. The Labute approximate surface area is 122 Å². The van der Waals surface area contributed by atoms with Gasteiger partial charge in [0.05, 0.1) is 5.75 Å². The van der Waals surface area contributed by atoms with Gasteiger partial charge < -0.3 is 5.11 Å². The fourth-order valence-electron chi connectivity index (χ4n) is 1.66. The van der Waals surface area contributed by atoms with Gasteiger partial charge in [-0.2, -0.15) is 4.31 Å². The molecule has 0 aliphatic carbocycles. The normalized spacial score (nSPS) is 11.8. The summed E-state index contributed by atoms with van der Waals surface area (Å²) in [6, 6.07) is 3.61. The fourth-order valence-corrected chi connectivity index (χ4v) is 3.42. The highest BCUT2D eigenvalue weighted by atomic mass is 35.5. The molecule has 0 aromatic heterocycles. The van der Waals surface area contributed by atoms with Gasteiger partial charge in [-0.05, 0) is 24.6 Å². The number of nitrogens with zero attached hydrogens (tertiary/aromatic N) is 1. The minimum Gasteiger partial charge on any atom is -0.480 e. The van der Waals surface area contributed by atoms with Gasteiger partial charge in [-0.3, -0.25) is 4.79 Å². The Morgan fingerprint density at radius 1 is 1.45 bits per heavy atom. The molecular formula is C12H15ClFNO4S. The number of hydrogen-bond donors (Lipinski definition) is 1. The minimum atomic E-state index is -3.92. The Bertz CT molecular complexity index is 591. The molecule has 1 aromatic rings. The molecule has 0 saturated heterocycles. The van der Waals surface area contributed by atoms with Gasteiger partial charge in [0.15, 0.2) is 0 Å². The number of carbonyl (C=O) groups is 1. The molecule has 0 aliphatic heterocycles. The van der Waals surface area contributed by atoms with Crippen molar-refractivity contribution in [2.45, 2.75) is 19.1 Å². The topological polar surface area (TPSA) is 74.7 Å². The molecule has 0 unspecified atom stereocenters. The molecule has 1 rings (SSSR count). The average Bonchev–Trinajstić information content (AvgIpc) is 2.32. The van der Waals surface area contributed by atoms with Gasteiger partial charge in [0.1, 0.15) is 12.4 Å². The maximum Gasteiger partial charge on any atom is 0.318 e. The van der Waals surface area contributed by atoms with Crippen molar-refractivity contribution in [3.8, 4) is 0 Å². The second-order valence-electron chi connectivity index (χ2n) is 4.22. The van der Waals surface area contributed by atoms with Gasteiger partial charge in [0.2, 0.25) is 10.0 Å². The Balaban J connectivity index is 3.01. The Hall–Kier alpha value is -1.18. The molecule has 0 radical (unpaired) electrons. The molecule has 0 saturated carbocycles. The van der Waals surface area contributed by atoms with E-state index in [4.69, 9.17) is 16.7 Å². The number of aliphatic carboxylic acids is 1. The predicted octanol–water partition coefficient (Wildman–Crippen LogP) is 2.11. The molecule has 20 heavy (non-hydrogen) atoms. The predicted molar refractivity (Wildman–Crippen MR) is 73.5 cm³/mol. The fraction of sp³-hybridized carbons (Fsp3) is 0.417.